The molecule has 0 spiro atoms. The van der Waals surface area contributed by atoms with E-state index in [1.54, 1.807) is 0 Å². The minimum atomic E-state index is -0.151. The molecule has 0 saturated carbocycles. The summed E-state index contributed by atoms with van der Waals surface area (Å²) in [6, 6.07) is 22.8. The maximum atomic E-state index is 12.5. The fourth-order valence-corrected chi connectivity index (χ4v) is 3.79. The Labute approximate surface area is 157 Å². The van der Waals surface area contributed by atoms with Crippen LogP contribution in [0.25, 0.3) is 0 Å². The molecule has 26 heavy (non-hydrogen) atoms. The molecule has 3 aromatic rings. The number of hydrogen-bond acceptors (Lipinski definition) is 3. The first-order chi connectivity index (χ1) is 12.7. The lowest BCUT2D eigenvalue weighted by Gasteiger charge is -2.15. The summed E-state index contributed by atoms with van der Waals surface area (Å²) in [5.41, 5.74) is 1.71. The van der Waals surface area contributed by atoms with E-state index in [-0.39, 0.29) is 17.6 Å². The number of amides is 1. The lowest BCUT2D eigenvalue weighted by Crippen LogP contribution is -2.28. The maximum Gasteiger partial charge on any atom is 0.227 e. The predicted molar refractivity (Wildman–Crippen MR) is 106 cm³/mol. The van der Waals surface area contributed by atoms with Gasteiger partial charge in [-0.25, -0.2) is 0 Å². The van der Waals surface area contributed by atoms with Crippen LogP contribution in [-0.2, 0) is 11.3 Å². The molecule has 0 radical (unpaired) electrons. The molecule has 0 aliphatic rings. The third kappa shape index (κ3) is 4.27. The predicted octanol–water partition coefficient (Wildman–Crippen LogP) is 4.79. The molecule has 1 aromatic heterocycles. The number of ketones is 1. The first-order valence-electron chi connectivity index (χ1n) is 8.70. The van der Waals surface area contributed by atoms with Crippen LogP contribution in [0.5, 0.6) is 0 Å². The SMILES string of the molecule is CCC(C(=O)NCc1ccc(C(=O)c2ccccc2)s1)c1ccccc1. The molecule has 132 valence electrons. The first kappa shape index (κ1) is 18.1. The summed E-state index contributed by atoms with van der Waals surface area (Å²) in [6.07, 6.45) is 0.748. The van der Waals surface area contributed by atoms with Crippen LogP contribution < -0.4 is 5.32 Å². The minimum absolute atomic E-state index is 0.0167. The van der Waals surface area contributed by atoms with Crippen molar-refractivity contribution in [2.75, 3.05) is 0 Å². The molecular formula is C22H21NO2S. The Morgan fingerprint density at radius 1 is 0.923 bits per heavy atom. The molecule has 0 saturated heterocycles. The summed E-state index contributed by atoms with van der Waals surface area (Å²) in [5.74, 6) is -0.117. The molecule has 0 bridgehead atoms. The Hall–Kier alpha value is -2.72. The lowest BCUT2D eigenvalue weighted by atomic mass is 9.96. The average Bonchev–Trinajstić information content (AvgIpc) is 3.17. The van der Waals surface area contributed by atoms with Crippen LogP contribution in [0.4, 0.5) is 0 Å². The van der Waals surface area contributed by atoms with Crippen LogP contribution in [0.2, 0.25) is 0 Å². The van der Waals surface area contributed by atoms with Crippen molar-refractivity contribution in [3.63, 3.8) is 0 Å². The van der Waals surface area contributed by atoms with Gasteiger partial charge in [0.1, 0.15) is 0 Å². The molecule has 1 N–H and O–H groups in total. The van der Waals surface area contributed by atoms with E-state index in [0.29, 0.717) is 17.0 Å². The average molecular weight is 363 g/mol. The van der Waals surface area contributed by atoms with Gasteiger partial charge >= 0.3 is 0 Å². The Morgan fingerprint density at radius 2 is 1.58 bits per heavy atom. The Morgan fingerprint density at radius 3 is 2.23 bits per heavy atom. The molecule has 2 aromatic carbocycles. The summed E-state index contributed by atoms with van der Waals surface area (Å²) < 4.78 is 0. The molecule has 3 nitrogen and oxygen atoms in total. The van der Waals surface area contributed by atoms with Gasteiger partial charge in [-0.15, -0.1) is 11.3 Å². The van der Waals surface area contributed by atoms with Crippen LogP contribution in [0, 0.1) is 0 Å². The number of benzene rings is 2. The standard InChI is InChI=1S/C22H21NO2S/c1-2-19(16-9-5-3-6-10-16)22(25)23-15-18-13-14-20(26-18)21(24)17-11-7-4-8-12-17/h3-14,19H,2,15H2,1H3,(H,23,25). The van der Waals surface area contributed by atoms with Gasteiger partial charge in [0, 0.05) is 10.4 Å². The molecule has 4 heteroatoms. The second-order valence-corrected chi connectivity index (χ2v) is 7.22. The number of hydrogen-bond donors (Lipinski definition) is 1. The van der Waals surface area contributed by atoms with Crippen LogP contribution in [0.15, 0.2) is 72.8 Å². The normalized spacial score (nSPS) is 11.7. The van der Waals surface area contributed by atoms with Gasteiger partial charge in [0.15, 0.2) is 0 Å². The fourth-order valence-electron chi connectivity index (χ4n) is 2.88. The maximum absolute atomic E-state index is 12.5. The van der Waals surface area contributed by atoms with E-state index in [1.165, 1.54) is 11.3 Å². The Kier molecular flexibility index (Phi) is 5.97. The van der Waals surface area contributed by atoms with Crippen LogP contribution in [-0.4, -0.2) is 11.7 Å². The smallest absolute Gasteiger partial charge is 0.227 e. The van der Waals surface area contributed by atoms with E-state index in [4.69, 9.17) is 0 Å². The molecule has 1 atom stereocenters. The van der Waals surface area contributed by atoms with Gasteiger partial charge in [0.05, 0.1) is 17.3 Å². The topological polar surface area (TPSA) is 46.2 Å². The van der Waals surface area contributed by atoms with Gasteiger partial charge in [0.25, 0.3) is 0 Å². The fraction of sp³-hybridized carbons (Fsp3) is 0.182. The summed E-state index contributed by atoms with van der Waals surface area (Å²) in [5, 5.41) is 3.00. The van der Waals surface area contributed by atoms with Crippen molar-refractivity contribution in [1.82, 2.24) is 5.32 Å². The highest BCUT2D eigenvalue weighted by molar-refractivity contribution is 7.14. The second kappa shape index (κ2) is 8.59. The highest BCUT2D eigenvalue weighted by atomic mass is 32.1. The van der Waals surface area contributed by atoms with E-state index >= 15 is 0 Å². The number of carbonyl (C=O) groups is 2. The van der Waals surface area contributed by atoms with Gasteiger partial charge < -0.3 is 5.32 Å². The minimum Gasteiger partial charge on any atom is -0.351 e. The first-order valence-corrected chi connectivity index (χ1v) is 9.51. The molecule has 0 fully saturated rings. The molecule has 1 heterocycles. The zero-order chi connectivity index (χ0) is 18.4. The highest BCUT2D eigenvalue weighted by Gasteiger charge is 2.18. The van der Waals surface area contributed by atoms with Gasteiger partial charge in [-0.3, -0.25) is 9.59 Å². The van der Waals surface area contributed by atoms with Gasteiger partial charge in [-0.1, -0.05) is 67.6 Å². The van der Waals surface area contributed by atoms with Gasteiger partial charge in [0.2, 0.25) is 11.7 Å². The number of rotatable bonds is 7. The number of nitrogens with one attached hydrogen (secondary N) is 1. The molecule has 3 rings (SSSR count). The van der Waals surface area contributed by atoms with E-state index in [9.17, 15) is 9.59 Å². The van der Waals surface area contributed by atoms with E-state index < -0.39 is 0 Å². The summed E-state index contributed by atoms with van der Waals surface area (Å²) in [4.78, 5) is 26.7. The molecule has 1 unspecified atom stereocenters. The summed E-state index contributed by atoms with van der Waals surface area (Å²) >= 11 is 1.43. The summed E-state index contributed by atoms with van der Waals surface area (Å²) in [7, 11) is 0. The quantitative estimate of drug-likeness (QED) is 0.614. The molecule has 1 amide bonds. The monoisotopic (exact) mass is 363 g/mol. The number of carbonyl (C=O) groups excluding carboxylic acids is 2. The third-order valence-electron chi connectivity index (χ3n) is 4.28. The van der Waals surface area contributed by atoms with Crippen LogP contribution in [0.3, 0.4) is 0 Å². The van der Waals surface area contributed by atoms with Crippen molar-refractivity contribution in [2.24, 2.45) is 0 Å². The van der Waals surface area contributed by atoms with E-state index in [1.807, 2.05) is 79.7 Å². The summed E-state index contributed by atoms with van der Waals surface area (Å²) in [6.45, 7) is 2.45. The van der Waals surface area contributed by atoms with Crippen molar-refractivity contribution in [3.05, 3.63) is 93.7 Å². The molecular weight excluding hydrogens is 342 g/mol. The van der Waals surface area contributed by atoms with Crippen molar-refractivity contribution < 1.29 is 9.59 Å². The number of thiophene rings is 1. The highest BCUT2D eigenvalue weighted by Crippen LogP contribution is 2.22. The largest absolute Gasteiger partial charge is 0.351 e. The Bertz CT molecular complexity index is 871. The third-order valence-corrected chi connectivity index (χ3v) is 5.37. The van der Waals surface area contributed by atoms with E-state index in [2.05, 4.69) is 5.32 Å². The van der Waals surface area contributed by atoms with Crippen LogP contribution in [0.1, 0.15) is 44.9 Å². The second-order valence-electron chi connectivity index (χ2n) is 6.05. The van der Waals surface area contributed by atoms with Crippen LogP contribution >= 0.6 is 11.3 Å². The van der Waals surface area contributed by atoms with Crippen molar-refractivity contribution >= 4 is 23.0 Å². The zero-order valence-electron chi connectivity index (χ0n) is 14.6. The van der Waals surface area contributed by atoms with E-state index in [0.717, 1.165) is 16.9 Å². The molecule has 0 aliphatic carbocycles. The van der Waals surface area contributed by atoms with Crippen molar-refractivity contribution in [2.45, 2.75) is 25.8 Å². The van der Waals surface area contributed by atoms with Gasteiger partial charge in [-0.05, 0) is 24.1 Å². The van der Waals surface area contributed by atoms with Crippen molar-refractivity contribution in [1.29, 1.82) is 0 Å². The zero-order valence-corrected chi connectivity index (χ0v) is 15.5. The van der Waals surface area contributed by atoms with Gasteiger partial charge in [-0.2, -0.15) is 0 Å². The lowest BCUT2D eigenvalue weighted by molar-refractivity contribution is -0.122. The molecule has 0 aliphatic heterocycles. The Balaban J connectivity index is 1.63. The van der Waals surface area contributed by atoms with Crippen molar-refractivity contribution in [3.8, 4) is 0 Å².